The summed E-state index contributed by atoms with van der Waals surface area (Å²) in [7, 11) is 0. The number of hydrogen-bond acceptors (Lipinski definition) is 4. The molecule has 2 aromatic carbocycles. The molecule has 0 saturated carbocycles. The van der Waals surface area contributed by atoms with Crippen molar-refractivity contribution in [1.29, 1.82) is 0 Å². The molecule has 27 heavy (non-hydrogen) atoms. The topological polar surface area (TPSA) is 93.1 Å². The maximum absolute atomic E-state index is 12.6. The molecule has 0 spiro atoms. The highest BCUT2D eigenvalue weighted by atomic mass is 35.5. The van der Waals surface area contributed by atoms with Crippen LogP contribution in [0.5, 0.6) is 0 Å². The molecule has 0 atom stereocenters. The Balaban J connectivity index is 1.88. The molecule has 0 radical (unpaired) electrons. The third-order valence-corrected chi connectivity index (χ3v) is 4.13. The molecule has 0 aliphatic carbocycles. The first kappa shape index (κ1) is 18.6. The van der Waals surface area contributed by atoms with E-state index in [1.165, 1.54) is 10.7 Å². The second-order valence-electron chi connectivity index (χ2n) is 5.84. The highest BCUT2D eigenvalue weighted by Crippen LogP contribution is 2.13. The van der Waals surface area contributed by atoms with Crippen LogP contribution in [0.4, 0.5) is 0 Å². The summed E-state index contributed by atoms with van der Waals surface area (Å²) in [5.41, 5.74) is 4.77. The Bertz CT molecular complexity index is 1080. The van der Waals surface area contributed by atoms with Crippen molar-refractivity contribution in [3.63, 3.8) is 0 Å². The van der Waals surface area contributed by atoms with Crippen LogP contribution >= 0.6 is 11.6 Å². The quantitative estimate of drug-likeness (QED) is 0.676. The summed E-state index contributed by atoms with van der Waals surface area (Å²) in [5, 5.41) is 5.40. The lowest BCUT2D eigenvalue weighted by Gasteiger charge is -2.11. The van der Waals surface area contributed by atoms with Gasteiger partial charge in [-0.2, -0.15) is 5.10 Å². The number of halogens is 1. The smallest absolute Gasteiger partial charge is 0.267 e. The highest BCUT2D eigenvalue weighted by Gasteiger charge is 2.17. The van der Waals surface area contributed by atoms with Crippen LogP contribution in [0.25, 0.3) is 10.8 Å². The fraction of sp³-hybridized carbons (Fsp3) is 0.158. The van der Waals surface area contributed by atoms with E-state index in [1.54, 1.807) is 42.5 Å². The molecule has 0 aliphatic rings. The first-order valence-corrected chi connectivity index (χ1v) is 8.75. The van der Waals surface area contributed by atoms with Gasteiger partial charge in [-0.25, -0.2) is 4.68 Å². The SMILES string of the molecule is CCCn1nc(C(=O)NNC(=O)c2cccc(Cl)c2)c2ccccc2c1=O. The van der Waals surface area contributed by atoms with Crippen molar-refractivity contribution in [1.82, 2.24) is 20.6 Å². The number of carbonyl (C=O) groups excluding carboxylic acids is 2. The van der Waals surface area contributed by atoms with Gasteiger partial charge in [0.05, 0.1) is 5.39 Å². The van der Waals surface area contributed by atoms with Crippen molar-refractivity contribution in [2.24, 2.45) is 0 Å². The predicted molar refractivity (Wildman–Crippen MR) is 103 cm³/mol. The number of fused-ring (bicyclic) bond motifs is 1. The van der Waals surface area contributed by atoms with E-state index in [0.29, 0.717) is 34.3 Å². The van der Waals surface area contributed by atoms with Crippen LogP contribution in [0, 0.1) is 0 Å². The maximum Gasteiger partial charge on any atom is 0.290 e. The number of aryl methyl sites for hydroxylation is 1. The maximum atomic E-state index is 12.6. The molecule has 138 valence electrons. The van der Waals surface area contributed by atoms with E-state index >= 15 is 0 Å². The standard InChI is InChI=1S/C19H17ClN4O3/c1-2-10-24-19(27)15-9-4-3-8-14(15)16(23-24)18(26)22-21-17(25)12-6-5-7-13(20)11-12/h3-9,11H,2,10H2,1H3,(H,21,25)(H,22,26). The van der Waals surface area contributed by atoms with Crippen molar-refractivity contribution < 1.29 is 9.59 Å². The van der Waals surface area contributed by atoms with E-state index in [0.717, 1.165) is 0 Å². The number of hydrazine groups is 1. The zero-order chi connectivity index (χ0) is 19.4. The fourth-order valence-corrected chi connectivity index (χ4v) is 2.83. The molecule has 0 bridgehead atoms. The normalized spacial score (nSPS) is 10.6. The molecular formula is C19H17ClN4O3. The summed E-state index contributed by atoms with van der Waals surface area (Å²) < 4.78 is 1.26. The minimum absolute atomic E-state index is 0.0602. The summed E-state index contributed by atoms with van der Waals surface area (Å²) >= 11 is 5.87. The Morgan fingerprint density at radius 3 is 2.44 bits per heavy atom. The number of amides is 2. The zero-order valence-corrected chi connectivity index (χ0v) is 15.3. The van der Waals surface area contributed by atoms with Gasteiger partial charge in [-0.1, -0.05) is 42.8 Å². The van der Waals surface area contributed by atoms with E-state index in [2.05, 4.69) is 16.0 Å². The molecule has 1 heterocycles. The van der Waals surface area contributed by atoms with E-state index < -0.39 is 11.8 Å². The lowest BCUT2D eigenvalue weighted by Crippen LogP contribution is -2.42. The lowest BCUT2D eigenvalue weighted by atomic mass is 10.1. The van der Waals surface area contributed by atoms with Crippen LogP contribution in [0.1, 0.15) is 34.2 Å². The molecule has 2 amide bonds. The number of hydrogen-bond donors (Lipinski definition) is 2. The van der Waals surface area contributed by atoms with Crippen molar-refractivity contribution in [3.05, 3.63) is 75.2 Å². The molecule has 3 aromatic rings. The largest absolute Gasteiger partial charge is 0.290 e. The number of nitrogens with zero attached hydrogens (tertiary/aromatic N) is 2. The highest BCUT2D eigenvalue weighted by molar-refractivity contribution is 6.31. The van der Waals surface area contributed by atoms with E-state index in [-0.39, 0.29) is 11.3 Å². The summed E-state index contributed by atoms with van der Waals surface area (Å²) in [6.45, 7) is 2.30. The van der Waals surface area contributed by atoms with Crippen LogP contribution < -0.4 is 16.4 Å². The van der Waals surface area contributed by atoms with E-state index in [4.69, 9.17) is 11.6 Å². The Labute approximate surface area is 159 Å². The summed E-state index contributed by atoms with van der Waals surface area (Å²) in [5.74, 6) is -1.14. The summed E-state index contributed by atoms with van der Waals surface area (Å²) in [6.07, 6.45) is 0.692. The molecule has 0 unspecified atom stereocenters. The van der Waals surface area contributed by atoms with Crippen LogP contribution in [0.2, 0.25) is 5.02 Å². The van der Waals surface area contributed by atoms with Crippen molar-refractivity contribution in [2.75, 3.05) is 0 Å². The molecule has 0 fully saturated rings. The number of aromatic nitrogens is 2. The summed E-state index contributed by atoms with van der Waals surface area (Å²) in [6, 6.07) is 13.1. The van der Waals surface area contributed by atoms with Gasteiger partial charge in [0.1, 0.15) is 0 Å². The van der Waals surface area contributed by atoms with Gasteiger partial charge in [-0.05, 0) is 30.7 Å². The fourth-order valence-electron chi connectivity index (χ4n) is 2.64. The van der Waals surface area contributed by atoms with Crippen molar-refractivity contribution in [2.45, 2.75) is 19.9 Å². The van der Waals surface area contributed by atoms with Crippen molar-refractivity contribution >= 4 is 34.2 Å². The second kappa shape index (κ2) is 8.01. The minimum Gasteiger partial charge on any atom is -0.267 e. The van der Waals surface area contributed by atoms with E-state index in [1.807, 2.05) is 6.92 Å². The van der Waals surface area contributed by atoms with Crippen LogP contribution in [0.15, 0.2) is 53.3 Å². The van der Waals surface area contributed by atoms with Gasteiger partial charge in [0.2, 0.25) is 0 Å². The molecule has 0 saturated heterocycles. The average molecular weight is 385 g/mol. The van der Waals surface area contributed by atoms with Gasteiger partial charge in [0.15, 0.2) is 5.69 Å². The van der Waals surface area contributed by atoms with Crippen LogP contribution in [0.3, 0.4) is 0 Å². The van der Waals surface area contributed by atoms with Gasteiger partial charge < -0.3 is 0 Å². The molecule has 3 rings (SSSR count). The Morgan fingerprint density at radius 2 is 1.74 bits per heavy atom. The molecule has 0 aliphatic heterocycles. The minimum atomic E-state index is -0.619. The third kappa shape index (κ3) is 3.98. The number of benzene rings is 2. The van der Waals surface area contributed by atoms with Gasteiger partial charge in [-0.15, -0.1) is 0 Å². The molecule has 2 N–H and O–H groups in total. The number of carbonyl (C=O) groups is 2. The lowest BCUT2D eigenvalue weighted by molar-refractivity contribution is 0.0843. The zero-order valence-electron chi connectivity index (χ0n) is 14.5. The first-order valence-electron chi connectivity index (χ1n) is 8.37. The molecule has 7 nitrogen and oxygen atoms in total. The summed E-state index contributed by atoms with van der Waals surface area (Å²) in [4.78, 5) is 37.2. The third-order valence-electron chi connectivity index (χ3n) is 3.89. The molecular weight excluding hydrogens is 368 g/mol. The number of nitrogens with one attached hydrogen (secondary N) is 2. The molecule has 1 aromatic heterocycles. The van der Waals surface area contributed by atoms with Crippen LogP contribution in [-0.4, -0.2) is 21.6 Å². The first-order chi connectivity index (χ1) is 13.0. The number of rotatable bonds is 4. The van der Waals surface area contributed by atoms with Gasteiger partial charge in [0, 0.05) is 22.5 Å². The average Bonchev–Trinajstić information content (AvgIpc) is 2.68. The Kier molecular flexibility index (Phi) is 5.52. The van der Waals surface area contributed by atoms with Gasteiger partial charge >= 0.3 is 0 Å². The van der Waals surface area contributed by atoms with Gasteiger partial charge in [-0.3, -0.25) is 25.2 Å². The molecule has 8 heteroatoms. The van der Waals surface area contributed by atoms with Crippen LogP contribution in [-0.2, 0) is 6.54 Å². The Hall–Kier alpha value is -3.19. The monoisotopic (exact) mass is 384 g/mol. The van der Waals surface area contributed by atoms with Crippen molar-refractivity contribution in [3.8, 4) is 0 Å². The van der Waals surface area contributed by atoms with Gasteiger partial charge in [0.25, 0.3) is 17.4 Å². The second-order valence-corrected chi connectivity index (χ2v) is 6.28. The van der Waals surface area contributed by atoms with E-state index in [9.17, 15) is 14.4 Å². The Morgan fingerprint density at radius 1 is 1.04 bits per heavy atom. The predicted octanol–water partition coefficient (Wildman–Crippen LogP) is 2.53.